The van der Waals surface area contributed by atoms with Crippen molar-refractivity contribution >= 4 is 5.97 Å². The molecule has 3 heterocycles. The quantitative estimate of drug-likeness (QED) is 0.714. The monoisotopic (exact) mass is 364 g/mol. The van der Waals surface area contributed by atoms with Gasteiger partial charge in [0, 0.05) is 22.5 Å². The molecule has 6 nitrogen and oxygen atoms in total. The summed E-state index contributed by atoms with van der Waals surface area (Å²) in [5.74, 6) is 2.53. The molecule has 0 radical (unpaired) electrons. The van der Waals surface area contributed by atoms with Crippen LogP contribution in [0.3, 0.4) is 0 Å². The van der Waals surface area contributed by atoms with Crippen molar-refractivity contribution in [1.29, 1.82) is 0 Å². The fraction of sp³-hybridized carbons (Fsp3) is 0.286. The number of hydrogen-bond acceptors (Lipinski definition) is 6. The average Bonchev–Trinajstić information content (AvgIpc) is 3.35. The van der Waals surface area contributed by atoms with Gasteiger partial charge in [0.05, 0.1) is 6.61 Å². The molecule has 6 rings (SSSR count). The summed E-state index contributed by atoms with van der Waals surface area (Å²) in [7, 11) is 0. The van der Waals surface area contributed by atoms with E-state index in [1.54, 1.807) is 0 Å². The van der Waals surface area contributed by atoms with Gasteiger partial charge in [-0.15, -0.1) is 0 Å². The lowest BCUT2D eigenvalue weighted by Gasteiger charge is -2.47. The fourth-order valence-corrected chi connectivity index (χ4v) is 4.76. The van der Waals surface area contributed by atoms with E-state index in [-0.39, 0.29) is 25.5 Å². The summed E-state index contributed by atoms with van der Waals surface area (Å²) in [6.07, 6.45) is 8.51. The Balaban J connectivity index is 1.59. The molecule has 2 unspecified atom stereocenters. The van der Waals surface area contributed by atoms with Crippen LogP contribution in [-0.2, 0) is 19.0 Å². The van der Waals surface area contributed by atoms with Crippen LogP contribution >= 0.6 is 0 Å². The fourth-order valence-electron chi connectivity index (χ4n) is 4.76. The Kier molecular flexibility index (Phi) is 2.88. The molecule has 1 aromatic carbocycles. The Morgan fingerprint density at radius 2 is 1.89 bits per heavy atom. The van der Waals surface area contributed by atoms with Crippen molar-refractivity contribution in [2.75, 3.05) is 20.2 Å². The average molecular weight is 364 g/mol. The zero-order valence-corrected chi connectivity index (χ0v) is 14.4. The lowest BCUT2D eigenvalue weighted by atomic mass is 9.57. The molecular formula is C21H16O6. The Morgan fingerprint density at radius 1 is 1.00 bits per heavy atom. The lowest BCUT2D eigenvalue weighted by Crippen LogP contribution is -2.44. The van der Waals surface area contributed by atoms with E-state index in [0.717, 1.165) is 34.2 Å². The number of carbonyl (C=O) groups is 1. The van der Waals surface area contributed by atoms with E-state index in [1.165, 1.54) is 0 Å². The molecule has 2 atom stereocenters. The minimum atomic E-state index is -0.537. The molecule has 0 aromatic heterocycles. The number of fused-ring (bicyclic) bond motifs is 2. The highest BCUT2D eigenvalue weighted by atomic mass is 16.7. The van der Waals surface area contributed by atoms with Crippen molar-refractivity contribution in [2.24, 2.45) is 5.41 Å². The van der Waals surface area contributed by atoms with Crippen molar-refractivity contribution in [1.82, 2.24) is 0 Å². The SMILES string of the molecule is O=C1OCCC23C1=CC=CC2=C1OCOC1=CC3c1ccc2c(c1)OCO2. The first-order valence-corrected chi connectivity index (χ1v) is 8.95. The predicted molar refractivity (Wildman–Crippen MR) is 92.7 cm³/mol. The Bertz CT molecular complexity index is 998. The molecule has 2 fully saturated rings. The van der Waals surface area contributed by atoms with Crippen molar-refractivity contribution in [3.8, 4) is 11.5 Å². The molecule has 6 heteroatoms. The van der Waals surface area contributed by atoms with Crippen LogP contribution in [0.4, 0.5) is 0 Å². The molecule has 1 spiro atoms. The molecule has 0 saturated carbocycles. The van der Waals surface area contributed by atoms with E-state index in [4.69, 9.17) is 23.7 Å². The van der Waals surface area contributed by atoms with Crippen LogP contribution in [-0.4, -0.2) is 26.2 Å². The van der Waals surface area contributed by atoms with Crippen molar-refractivity contribution in [3.63, 3.8) is 0 Å². The summed E-state index contributed by atoms with van der Waals surface area (Å²) >= 11 is 0. The highest BCUT2D eigenvalue weighted by molar-refractivity contribution is 5.94. The minimum absolute atomic E-state index is 0.105. The number of rotatable bonds is 1. The Morgan fingerprint density at radius 3 is 2.85 bits per heavy atom. The van der Waals surface area contributed by atoms with E-state index in [0.29, 0.717) is 18.6 Å². The number of carbonyl (C=O) groups excluding carboxylic acids is 1. The number of ether oxygens (including phenoxy) is 5. The highest BCUT2D eigenvalue weighted by Gasteiger charge is 2.55. The van der Waals surface area contributed by atoms with Gasteiger partial charge in [-0.25, -0.2) is 4.79 Å². The Labute approximate surface area is 155 Å². The van der Waals surface area contributed by atoms with Crippen LogP contribution in [0.5, 0.6) is 11.5 Å². The zero-order valence-electron chi connectivity index (χ0n) is 14.4. The first kappa shape index (κ1) is 15.0. The Hall–Kier alpha value is -3.15. The maximum Gasteiger partial charge on any atom is 0.334 e. The van der Waals surface area contributed by atoms with Crippen molar-refractivity contribution < 1.29 is 28.5 Å². The van der Waals surface area contributed by atoms with Gasteiger partial charge in [0.25, 0.3) is 0 Å². The molecule has 2 saturated heterocycles. The number of hydrogen-bond donors (Lipinski definition) is 0. The summed E-state index contributed by atoms with van der Waals surface area (Å²) in [6.45, 7) is 0.778. The van der Waals surface area contributed by atoms with Gasteiger partial charge >= 0.3 is 5.97 Å². The summed E-state index contributed by atoms with van der Waals surface area (Å²) in [5, 5.41) is 0. The van der Waals surface area contributed by atoms with Crippen molar-refractivity contribution in [3.05, 3.63) is 70.7 Å². The van der Waals surface area contributed by atoms with E-state index in [1.807, 2.05) is 36.4 Å². The van der Waals surface area contributed by atoms with Gasteiger partial charge < -0.3 is 23.7 Å². The smallest absolute Gasteiger partial charge is 0.334 e. The van der Waals surface area contributed by atoms with Crippen molar-refractivity contribution in [2.45, 2.75) is 12.3 Å². The molecule has 0 N–H and O–H groups in total. The lowest BCUT2D eigenvalue weighted by molar-refractivity contribution is -0.144. The van der Waals surface area contributed by atoms with E-state index >= 15 is 0 Å². The second kappa shape index (κ2) is 5.19. The van der Waals surface area contributed by atoms with Crippen LogP contribution in [0.25, 0.3) is 0 Å². The van der Waals surface area contributed by atoms with Crippen LogP contribution in [0.2, 0.25) is 0 Å². The number of esters is 1. The predicted octanol–water partition coefficient (Wildman–Crippen LogP) is 3.08. The van der Waals surface area contributed by atoms with E-state index in [2.05, 4.69) is 6.08 Å². The molecule has 27 heavy (non-hydrogen) atoms. The first-order valence-electron chi connectivity index (χ1n) is 8.95. The molecule has 2 aliphatic carbocycles. The van der Waals surface area contributed by atoms with Gasteiger partial charge in [0.2, 0.25) is 13.6 Å². The molecule has 1 aromatic rings. The number of cyclic esters (lactones) is 1. The van der Waals surface area contributed by atoms with Crippen LogP contribution in [0.1, 0.15) is 17.9 Å². The summed E-state index contributed by atoms with van der Waals surface area (Å²) in [4.78, 5) is 12.7. The van der Waals surface area contributed by atoms with Gasteiger partial charge in [-0.1, -0.05) is 24.3 Å². The van der Waals surface area contributed by atoms with Gasteiger partial charge in [-0.05, 0) is 30.2 Å². The van der Waals surface area contributed by atoms with Gasteiger partial charge in [-0.2, -0.15) is 0 Å². The van der Waals surface area contributed by atoms with Crippen LogP contribution in [0.15, 0.2) is 65.2 Å². The topological polar surface area (TPSA) is 63.2 Å². The van der Waals surface area contributed by atoms with Gasteiger partial charge in [-0.3, -0.25) is 0 Å². The molecule has 136 valence electrons. The summed E-state index contributed by atoms with van der Waals surface area (Å²) < 4.78 is 27.9. The third-order valence-electron chi connectivity index (χ3n) is 5.93. The van der Waals surface area contributed by atoms with Gasteiger partial charge in [0.1, 0.15) is 0 Å². The number of benzene rings is 1. The van der Waals surface area contributed by atoms with Crippen LogP contribution in [0, 0.1) is 5.41 Å². The first-order chi connectivity index (χ1) is 13.3. The standard InChI is InChI=1S/C21H16O6/c22-20-14-3-1-2-13-19-18(26-11-27-19)9-15(21(13,14)6-7-23-20)12-4-5-16-17(8-12)25-10-24-16/h1-5,8-9,15H,6-7,10-11H2. The third-order valence-corrected chi connectivity index (χ3v) is 5.93. The largest absolute Gasteiger partial charge is 0.462 e. The second-order valence-corrected chi connectivity index (χ2v) is 7.07. The van der Waals surface area contributed by atoms with Gasteiger partial charge in [0.15, 0.2) is 23.0 Å². The maximum absolute atomic E-state index is 12.7. The molecular weight excluding hydrogens is 348 g/mol. The normalized spacial score (nSPS) is 29.6. The summed E-state index contributed by atoms with van der Waals surface area (Å²) in [6, 6.07) is 5.94. The zero-order chi connectivity index (χ0) is 18.0. The van der Waals surface area contributed by atoms with E-state index < -0.39 is 5.41 Å². The maximum atomic E-state index is 12.7. The third kappa shape index (κ3) is 1.87. The molecule has 0 bridgehead atoms. The number of allylic oxidation sites excluding steroid dienone is 5. The highest BCUT2D eigenvalue weighted by Crippen LogP contribution is 2.60. The van der Waals surface area contributed by atoms with Crippen LogP contribution < -0.4 is 9.47 Å². The molecule has 5 aliphatic rings. The second-order valence-electron chi connectivity index (χ2n) is 7.07. The molecule has 3 aliphatic heterocycles. The minimum Gasteiger partial charge on any atom is -0.462 e. The van der Waals surface area contributed by atoms with E-state index in [9.17, 15) is 4.79 Å². The molecule has 0 amide bonds. The summed E-state index contributed by atoms with van der Waals surface area (Å²) in [5.41, 5.74) is 2.14.